The number of aromatic amines is 1. The maximum Gasteiger partial charge on any atom is 0.289 e. The van der Waals surface area contributed by atoms with Crippen molar-refractivity contribution in [2.24, 2.45) is 0 Å². The topological polar surface area (TPSA) is 99.3 Å². The Balaban J connectivity index is 1.58. The maximum atomic E-state index is 13.8. The SMILES string of the molecule is COc1ccc(COc2cnc(-n3c(=S)[nH]n4ncc(F)c4c3=O)cn2)cc1. The van der Waals surface area contributed by atoms with Gasteiger partial charge in [0.1, 0.15) is 12.4 Å². The zero-order chi connectivity index (χ0) is 19.7. The average molecular weight is 400 g/mol. The molecule has 0 aliphatic carbocycles. The molecule has 0 amide bonds. The van der Waals surface area contributed by atoms with Gasteiger partial charge in [0.2, 0.25) is 10.7 Å². The minimum Gasteiger partial charge on any atom is -0.497 e. The number of nitrogens with zero attached hydrogens (tertiary/aromatic N) is 5. The smallest absolute Gasteiger partial charge is 0.289 e. The second kappa shape index (κ2) is 7.19. The van der Waals surface area contributed by atoms with Crippen LogP contribution in [-0.2, 0) is 6.61 Å². The molecule has 0 fully saturated rings. The van der Waals surface area contributed by atoms with E-state index in [9.17, 15) is 9.18 Å². The molecule has 4 rings (SSSR count). The van der Waals surface area contributed by atoms with Crippen molar-refractivity contribution in [3.8, 4) is 17.4 Å². The molecule has 0 aliphatic heterocycles. The number of aromatic nitrogens is 6. The van der Waals surface area contributed by atoms with Crippen LogP contribution in [0.3, 0.4) is 0 Å². The molecule has 142 valence electrons. The second-order valence-corrected chi connectivity index (χ2v) is 6.05. The van der Waals surface area contributed by atoms with Crippen LogP contribution in [0.2, 0.25) is 0 Å². The van der Waals surface area contributed by atoms with Crippen molar-refractivity contribution in [2.75, 3.05) is 7.11 Å². The molecule has 1 aromatic carbocycles. The third kappa shape index (κ3) is 3.22. The molecule has 0 saturated carbocycles. The monoisotopic (exact) mass is 400 g/mol. The van der Waals surface area contributed by atoms with Crippen molar-refractivity contribution in [2.45, 2.75) is 6.61 Å². The summed E-state index contributed by atoms with van der Waals surface area (Å²) in [6.07, 6.45) is 3.60. The summed E-state index contributed by atoms with van der Waals surface area (Å²) >= 11 is 5.14. The van der Waals surface area contributed by atoms with Crippen LogP contribution in [0.1, 0.15) is 5.56 Å². The Labute approximate surface area is 162 Å². The molecule has 11 heteroatoms. The first-order valence-electron chi connectivity index (χ1n) is 8.03. The van der Waals surface area contributed by atoms with E-state index in [0.29, 0.717) is 0 Å². The van der Waals surface area contributed by atoms with Crippen molar-refractivity contribution in [1.82, 2.24) is 29.4 Å². The van der Waals surface area contributed by atoms with Gasteiger partial charge < -0.3 is 9.47 Å². The standard InChI is InChI=1S/C17H13FN6O3S/c1-26-11-4-2-10(3-5-11)9-27-14-8-19-13(7-20-14)23-16(25)15-12(18)6-21-24(15)22-17(23)28/h2-8H,9H2,1H3,(H,22,28). The minimum atomic E-state index is -0.766. The molecular formula is C17H13FN6O3S. The van der Waals surface area contributed by atoms with Crippen LogP contribution in [0.15, 0.2) is 47.7 Å². The van der Waals surface area contributed by atoms with Gasteiger partial charge in [-0.15, -0.1) is 0 Å². The largest absolute Gasteiger partial charge is 0.497 e. The van der Waals surface area contributed by atoms with Gasteiger partial charge in [-0.25, -0.2) is 18.9 Å². The molecular weight excluding hydrogens is 387 g/mol. The summed E-state index contributed by atoms with van der Waals surface area (Å²) < 4.78 is 26.5. The number of fused-ring (bicyclic) bond motifs is 1. The maximum absolute atomic E-state index is 13.8. The molecule has 3 aromatic heterocycles. The van der Waals surface area contributed by atoms with Crippen molar-refractivity contribution < 1.29 is 13.9 Å². The van der Waals surface area contributed by atoms with Gasteiger partial charge in [0, 0.05) is 0 Å². The van der Waals surface area contributed by atoms with E-state index < -0.39 is 11.4 Å². The number of nitrogens with one attached hydrogen (secondary N) is 1. The van der Waals surface area contributed by atoms with Gasteiger partial charge in [0.05, 0.1) is 25.7 Å². The Morgan fingerprint density at radius 3 is 2.64 bits per heavy atom. The number of rotatable bonds is 5. The summed E-state index contributed by atoms with van der Waals surface area (Å²) in [7, 11) is 1.60. The van der Waals surface area contributed by atoms with Gasteiger partial charge in [-0.3, -0.25) is 9.89 Å². The van der Waals surface area contributed by atoms with E-state index in [0.717, 1.165) is 26.7 Å². The number of benzene rings is 1. The number of ether oxygens (including phenoxy) is 2. The summed E-state index contributed by atoms with van der Waals surface area (Å²) in [5.74, 6) is 0.379. The number of hydrogen-bond donors (Lipinski definition) is 1. The van der Waals surface area contributed by atoms with Gasteiger partial charge in [-0.2, -0.15) is 9.73 Å². The predicted molar refractivity (Wildman–Crippen MR) is 98.8 cm³/mol. The Morgan fingerprint density at radius 1 is 1.18 bits per heavy atom. The van der Waals surface area contributed by atoms with Crippen molar-refractivity contribution in [3.05, 3.63) is 69.4 Å². The Kier molecular flexibility index (Phi) is 4.57. The molecule has 0 aliphatic rings. The van der Waals surface area contributed by atoms with Gasteiger partial charge in [-0.05, 0) is 29.9 Å². The minimum absolute atomic E-state index is 0.00167. The lowest BCUT2D eigenvalue weighted by Crippen LogP contribution is -2.24. The summed E-state index contributed by atoms with van der Waals surface area (Å²) in [5.41, 5.74) is -0.0396. The van der Waals surface area contributed by atoms with Crippen LogP contribution in [-0.4, -0.2) is 36.5 Å². The van der Waals surface area contributed by atoms with E-state index in [-0.39, 0.29) is 28.6 Å². The highest BCUT2D eigenvalue weighted by Gasteiger charge is 2.14. The van der Waals surface area contributed by atoms with Gasteiger partial charge >= 0.3 is 0 Å². The third-order valence-electron chi connectivity index (χ3n) is 3.92. The molecule has 1 N–H and O–H groups in total. The van der Waals surface area contributed by atoms with E-state index in [2.05, 4.69) is 20.2 Å². The lowest BCUT2D eigenvalue weighted by atomic mass is 10.2. The molecule has 0 bridgehead atoms. The number of methoxy groups -OCH3 is 1. The average Bonchev–Trinajstić information content (AvgIpc) is 3.08. The van der Waals surface area contributed by atoms with Crippen LogP contribution in [0.25, 0.3) is 11.3 Å². The Hall–Kier alpha value is -3.60. The zero-order valence-electron chi connectivity index (χ0n) is 14.5. The molecule has 0 saturated heterocycles. The Bertz CT molecular complexity index is 1250. The molecule has 0 atom stereocenters. The van der Waals surface area contributed by atoms with Gasteiger partial charge in [0.15, 0.2) is 17.2 Å². The van der Waals surface area contributed by atoms with Crippen LogP contribution in [0, 0.1) is 10.6 Å². The summed E-state index contributed by atoms with van der Waals surface area (Å²) in [6.45, 7) is 0.283. The number of hydrogen-bond acceptors (Lipinski definition) is 7. The first-order valence-corrected chi connectivity index (χ1v) is 8.44. The fraction of sp³-hybridized carbons (Fsp3) is 0.118. The van der Waals surface area contributed by atoms with Crippen LogP contribution < -0.4 is 15.0 Å². The lowest BCUT2D eigenvalue weighted by molar-refractivity contribution is 0.292. The van der Waals surface area contributed by atoms with E-state index in [1.807, 2.05) is 24.3 Å². The molecule has 0 radical (unpaired) electrons. The van der Waals surface area contributed by atoms with E-state index in [4.69, 9.17) is 21.7 Å². The molecule has 28 heavy (non-hydrogen) atoms. The van der Waals surface area contributed by atoms with Crippen LogP contribution in [0.4, 0.5) is 4.39 Å². The number of halogens is 1. The fourth-order valence-electron chi connectivity index (χ4n) is 2.53. The van der Waals surface area contributed by atoms with Crippen molar-refractivity contribution >= 4 is 17.7 Å². The highest BCUT2D eigenvalue weighted by atomic mass is 32.1. The van der Waals surface area contributed by atoms with Gasteiger partial charge in [0.25, 0.3) is 5.56 Å². The highest BCUT2D eigenvalue weighted by Crippen LogP contribution is 2.14. The first-order chi connectivity index (χ1) is 13.6. The van der Waals surface area contributed by atoms with E-state index in [1.165, 1.54) is 12.4 Å². The molecule has 0 spiro atoms. The molecule has 0 unspecified atom stereocenters. The summed E-state index contributed by atoms with van der Waals surface area (Å²) in [6, 6.07) is 7.39. The summed E-state index contributed by atoms with van der Waals surface area (Å²) in [4.78, 5) is 20.8. The predicted octanol–water partition coefficient (Wildman–Crippen LogP) is 2.06. The van der Waals surface area contributed by atoms with E-state index >= 15 is 0 Å². The molecule has 3 heterocycles. The third-order valence-corrected chi connectivity index (χ3v) is 4.20. The van der Waals surface area contributed by atoms with Gasteiger partial charge in [-0.1, -0.05) is 12.1 Å². The normalized spacial score (nSPS) is 10.9. The van der Waals surface area contributed by atoms with E-state index in [1.54, 1.807) is 7.11 Å². The fourth-order valence-corrected chi connectivity index (χ4v) is 2.79. The molecule has 4 aromatic rings. The number of H-pyrrole nitrogens is 1. The quantitative estimate of drug-likeness (QED) is 0.512. The summed E-state index contributed by atoms with van der Waals surface area (Å²) in [5, 5.41) is 6.32. The lowest BCUT2D eigenvalue weighted by Gasteiger charge is -2.08. The Morgan fingerprint density at radius 2 is 1.96 bits per heavy atom. The highest BCUT2D eigenvalue weighted by molar-refractivity contribution is 7.71. The van der Waals surface area contributed by atoms with Crippen molar-refractivity contribution in [3.63, 3.8) is 0 Å². The van der Waals surface area contributed by atoms with Crippen molar-refractivity contribution in [1.29, 1.82) is 0 Å². The second-order valence-electron chi connectivity index (χ2n) is 5.66. The zero-order valence-corrected chi connectivity index (χ0v) is 15.3. The van der Waals surface area contributed by atoms with Crippen LogP contribution in [0.5, 0.6) is 11.6 Å². The first kappa shape index (κ1) is 17.8. The van der Waals surface area contributed by atoms with Crippen LogP contribution >= 0.6 is 12.2 Å². The molecule has 9 nitrogen and oxygen atoms in total.